The standard InChI is InChI=1S/C16H19N3O/c1-3-13-10-12(11-15(18-13)17-4-2)16(20)19-14-8-6-5-7-9-14/h5-11H,3-4H2,1-2H3,(H,17,18)(H,19,20). The lowest BCUT2D eigenvalue weighted by Gasteiger charge is -2.09. The SMILES string of the molecule is CCNc1cc(C(=O)Nc2ccccc2)cc(CC)n1. The number of hydrogen-bond acceptors (Lipinski definition) is 3. The third kappa shape index (κ3) is 3.57. The van der Waals surface area contributed by atoms with E-state index in [1.165, 1.54) is 0 Å². The molecule has 1 aromatic heterocycles. The van der Waals surface area contributed by atoms with Crippen LogP contribution in [0.5, 0.6) is 0 Å². The lowest BCUT2D eigenvalue weighted by molar-refractivity contribution is 0.102. The normalized spacial score (nSPS) is 10.1. The lowest BCUT2D eigenvalue weighted by Crippen LogP contribution is -2.13. The number of aryl methyl sites for hydroxylation is 1. The molecule has 0 aliphatic carbocycles. The number of amides is 1. The second-order valence-corrected chi connectivity index (χ2v) is 4.44. The number of carbonyl (C=O) groups excluding carboxylic acids is 1. The highest BCUT2D eigenvalue weighted by Crippen LogP contribution is 2.14. The minimum absolute atomic E-state index is 0.118. The smallest absolute Gasteiger partial charge is 0.255 e. The molecule has 0 aliphatic heterocycles. The van der Waals surface area contributed by atoms with Crippen LogP contribution < -0.4 is 10.6 Å². The van der Waals surface area contributed by atoms with Gasteiger partial charge in [0, 0.05) is 23.5 Å². The third-order valence-corrected chi connectivity index (χ3v) is 2.89. The van der Waals surface area contributed by atoms with Gasteiger partial charge >= 0.3 is 0 Å². The van der Waals surface area contributed by atoms with Crippen LogP contribution in [0.15, 0.2) is 42.5 Å². The van der Waals surface area contributed by atoms with Crippen molar-refractivity contribution in [1.29, 1.82) is 0 Å². The van der Waals surface area contributed by atoms with Gasteiger partial charge in [0.2, 0.25) is 0 Å². The number of nitrogens with zero attached hydrogens (tertiary/aromatic N) is 1. The summed E-state index contributed by atoms with van der Waals surface area (Å²) in [5.74, 6) is 0.623. The molecule has 0 radical (unpaired) electrons. The lowest BCUT2D eigenvalue weighted by atomic mass is 10.1. The van der Waals surface area contributed by atoms with Crippen molar-refractivity contribution in [1.82, 2.24) is 4.98 Å². The van der Waals surface area contributed by atoms with E-state index in [9.17, 15) is 4.79 Å². The fourth-order valence-corrected chi connectivity index (χ4v) is 1.90. The molecule has 1 amide bonds. The van der Waals surface area contributed by atoms with Crippen molar-refractivity contribution < 1.29 is 4.79 Å². The zero-order valence-corrected chi connectivity index (χ0v) is 11.8. The molecule has 1 heterocycles. The molecule has 0 spiro atoms. The quantitative estimate of drug-likeness (QED) is 0.875. The maximum atomic E-state index is 12.3. The van der Waals surface area contributed by atoms with Crippen molar-refractivity contribution in [2.24, 2.45) is 0 Å². The van der Waals surface area contributed by atoms with Gasteiger partial charge in [0.15, 0.2) is 0 Å². The molecule has 2 rings (SSSR count). The zero-order valence-electron chi connectivity index (χ0n) is 11.8. The number of nitrogens with one attached hydrogen (secondary N) is 2. The summed E-state index contributed by atoms with van der Waals surface area (Å²) in [7, 11) is 0. The van der Waals surface area contributed by atoms with Crippen molar-refractivity contribution >= 4 is 17.4 Å². The summed E-state index contributed by atoms with van der Waals surface area (Å²) >= 11 is 0. The van der Waals surface area contributed by atoms with Crippen molar-refractivity contribution in [3.8, 4) is 0 Å². The molecule has 20 heavy (non-hydrogen) atoms. The highest BCUT2D eigenvalue weighted by Gasteiger charge is 2.09. The summed E-state index contributed by atoms with van der Waals surface area (Å²) in [4.78, 5) is 16.7. The van der Waals surface area contributed by atoms with Crippen LogP contribution in [0.25, 0.3) is 0 Å². The maximum Gasteiger partial charge on any atom is 0.255 e. The molecule has 4 nitrogen and oxygen atoms in total. The molecule has 4 heteroatoms. The number of anilines is 2. The Labute approximate surface area is 119 Å². The first-order valence-corrected chi connectivity index (χ1v) is 6.84. The number of aromatic nitrogens is 1. The molecule has 104 valence electrons. The molecular weight excluding hydrogens is 250 g/mol. The summed E-state index contributed by atoms with van der Waals surface area (Å²) in [6.45, 7) is 4.81. The van der Waals surface area contributed by atoms with E-state index in [0.29, 0.717) is 5.56 Å². The van der Waals surface area contributed by atoms with E-state index < -0.39 is 0 Å². The number of benzene rings is 1. The fourth-order valence-electron chi connectivity index (χ4n) is 1.90. The van der Waals surface area contributed by atoms with Crippen LogP contribution in [0.3, 0.4) is 0 Å². The summed E-state index contributed by atoms with van der Waals surface area (Å²) in [5, 5.41) is 6.03. The van der Waals surface area contributed by atoms with Crippen LogP contribution in [0.4, 0.5) is 11.5 Å². The maximum absolute atomic E-state index is 12.3. The second-order valence-electron chi connectivity index (χ2n) is 4.44. The van der Waals surface area contributed by atoms with E-state index in [1.54, 1.807) is 6.07 Å². The molecule has 0 atom stereocenters. The first-order chi connectivity index (χ1) is 9.72. The fraction of sp³-hybridized carbons (Fsp3) is 0.250. The largest absolute Gasteiger partial charge is 0.370 e. The molecule has 2 N–H and O–H groups in total. The van der Waals surface area contributed by atoms with Crippen LogP contribution in [0, 0.1) is 0 Å². The Morgan fingerprint density at radius 3 is 2.55 bits per heavy atom. The van der Waals surface area contributed by atoms with Crippen LogP contribution in [0.2, 0.25) is 0 Å². The highest BCUT2D eigenvalue weighted by molar-refractivity contribution is 6.04. The molecule has 0 unspecified atom stereocenters. The van der Waals surface area contributed by atoms with Crippen LogP contribution >= 0.6 is 0 Å². The van der Waals surface area contributed by atoms with Gasteiger partial charge in [-0.1, -0.05) is 25.1 Å². The monoisotopic (exact) mass is 269 g/mol. The van der Waals surface area contributed by atoms with Gasteiger partial charge < -0.3 is 10.6 Å². The Bertz CT molecular complexity index is 582. The van der Waals surface area contributed by atoms with E-state index in [0.717, 1.165) is 30.2 Å². The third-order valence-electron chi connectivity index (χ3n) is 2.89. The topological polar surface area (TPSA) is 54.0 Å². The molecule has 1 aromatic carbocycles. The van der Waals surface area contributed by atoms with Gasteiger partial charge in [0.05, 0.1) is 0 Å². The first kappa shape index (κ1) is 14.1. The predicted octanol–water partition coefficient (Wildman–Crippen LogP) is 3.33. The molecule has 0 fully saturated rings. The van der Waals surface area contributed by atoms with Crippen molar-refractivity contribution in [2.75, 3.05) is 17.2 Å². The Hall–Kier alpha value is -2.36. The van der Waals surface area contributed by atoms with E-state index in [-0.39, 0.29) is 5.91 Å². The van der Waals surface area contributed by atoms with Gasteiger partial charge in [0.25, 0.3) is 5.91 Å². The van der Waals surface area contributed by atoms with Crippen molar-refractivity contribution in [2.45, 2.75) is 20.3 Å². The number of rotatable bonds is 5. The minimum Gasteiger partial charge on any atom is -0.370 e. The Kier molecular flexibility index (Phi) is 4.71. The van der Waals surface area contributed by atoms with Crippen LogP contribution in [-0.2, 0) is 6.42 Å². The van der Waals surface area contributed by atoms with Gasteiger partial charge in [0.1, 0.15) is 5.82 Å². The summed E-state index contributed by atoms with van der Waals surface area (Å²) in [5.41, 5.74) is 2.32. The average molecular weight is 269 g/mol. The number of pyridine rings is 1. The van der Waals surface area contributed by atoms with Crippen LogP contribution in [0.1, 0.15) is 29.9 Å². The minimum atomic E-state index is -0.118. The molecule has 0 aliphatic rings. The van der Waals surface area contributed by atoms with Gasteiger partial charge in [-0.3, -0.25) is 4.79 Å². The summed E-state index contributed by atoms with van der Waals surface area (Å²) in [6.07, 6.45) is 0.796. The predicted molar refractivity (Wildman–Crippen MR) is 82.2 cm³/mol. The van der Waals surface area contributed by atoms with Gasteiger partial charge in [-0.2, -0.15) is 0 Å². The number of para-hydroxylation sites is 1. The zero-order chi connectivity index (χ0) is 14.4. The average Bonchev–Trinajstić information content (AvgIpc) is 2.48. The molecule has 0 saturated heterocycles. The summed E-state index contributed by atoms with van der Waals surface area (Å²) < 4.78 is 0. The molecular formula is C16H19N3O. The Morgan fingerprint density at radius 2 is 1.90 bits per heavy atom. The van der Waals surface area contributed by atoms with Crippen molar-refractivity contribution in [3.63, 3.8) is 0 Å². The van der Waals surface area contributed by atoms with Gasteiger partial charge in [-0.15, -0.1) is 0 Å². The first-order valence-electron chi connectivity index (χ1n) is 6.84. The Balaban J connectivity index is 2.22. The van der Waals surface area contributed by atoms with E-state index in [1.807, 2.05) is 50.2 Å². The Morgan fingerprint density at radius 1 is 1.15 bits per heavy atom. The second kappa shape index (κ2) is 6.70. The highest BCUT2D eigenvalue weighted by atomic mass is 16.1. The van der Waals surface area contributed by atoms with Crippen LogP contribution in [-0.4, -0.2) is 17.4 Å². The van der Waals surface area contributed by atoms with Gasteiger partial charge in [-0.25, -0.2) is 4.98 Å². The van der Waals surface area contributed by atoms with E-state index >= 15 is 0 Å². The number of hydrogen-bond donors (Lipinski definition) is 2. The molecule has 2 aromatic rings. The molecule has 0 bridgehead atoms. The summed E-state index contributed by atoms with van der Waals surface area (Å²) in [6, 6.07) is 13.0. The van der Waals surface area contributed by atoms with Gasteiger partial charge in [-0.05, 0) is 37.6 Å². The molecule has 0 saturated carbocycles. The van der Waals surface area contributed by atoms with E-state index in [4.69, 9.17) is 0 Å². The number of carbonyl (C=O) groups is 1. The van der Waals surface area contributed by atoms with E-state index in [2.05, 4.69) is 15.6 Å². The van der Waals surface area contributed by atoms with Crippen molar-refractivity contribution in [3.05, 3.63) is 53.7 Å².